The first-order valence-electron chi connectivity index (χ1n) is 6.91. The van der Waals surface area contributed by atoms with E-state index in [2.05, 4.69) is 34.2 Å². The molecular formula is C17H18ClN3O. The molecule has 0 aliphatic rings. The lowest BCUT2D eigenvalue weighted by molar-refractivity contribution is 0.399. The van der Waals surface area contributed by atoms with Crippen molar-refractivity contribution in [2.45, 2.75) is 6.42 Å². The van der Waals surface area contributed by atoms with Crippen LogP contribution in [0, 0.1) is 0 Å². The molecule has 22 heavy (non-hydrogen) atoms. The maximum Gasteiger partial charge on any atom is 0.213 e. The highest BCUT2D eigenvalue weighted by Crippen LogP contribution is 2.27. The molecule has 3 rings (SSSR count). The number of fused-ring (bicyclic) bond motifs is 1. The highest BCUT2D eigenvalue weighted by atomic mass is 35.5. The Morgan fingerprint density at radius 1 is 1.05 bits per heavy atom. The molecular weight excluding hydrogens is 298 g/mol. The second-order valence-corrected chi connectivity index (χ2v) is 4.82. The molecule has 0 unspecified atom stereocenters. The van der Waals surface area contributed by atoms with Gasteiger partial charge in [0.1, 0.15) is 5.52 Å². The lowest BCUT2D eigenvalue weighted by atomic mass is 10.0. The second-order valence-electron chi connectivity index (χ2n) is 4.82. The van der Waals surface area contributed by atoms with Gasteiger partial charge in [-0.2, -0.15) is 0 Å². The van der Waals surface area contributed by atoms with Crippen LogP contribution in [0.4, 0.5) is 0 Å². The van der Waals surface area contributed by atoms with Gasteiger partial charge in [0.25, 0.3) is 0 Å². The van der Waals surface area contributed by atoms with Gasteiger partial charge in [-0.15, -0.1) is 12.4 Å². The Balaban J connectivity index is 0.00000176. The van der Waals surface area contributed by atoms with Gasteiger partial charge in [-0.25, -0.2) is 4.98 Å². The fourth-order valence-electron chi connectivity index (χ4n) is 2.37. The second kappa shape index (κ2) is 7.20. The summed E-state index contributed by atoms with van der Waals surface area (Å²) in [5.41, 5.74) is 10.7. The fraction of sp³-hybridized carbons (Fsp3) is 0.176. The summed E-state index contributed by atoms with van der Waals surface area (Å²) in [6.07, 6.45) is 2.70. The molecule has 2 heterocycles. The molecule has 0 atom stereocenters. The van der Waals surface area contributed by atoms with E-state index in [4.69, 9.17) is 10.5 Å². The molecule has 3 aromatic rings. The average molecular weight is 316 g/mol. The lowest BCUT2D eigenvalue weighted by Gasteiger charge is -2.08. The van der Waals surface area contributed by atoms with Crippen molar-refractivity contribution in [2.75, 3.05) is 13.7 Å². The zero-order valence-corrected chi connectivity index (χ0v) is 13.1. The Bertz CT molecular complexity index is 759. The van der Waals surface area contributed by atoms with Crippen molar-refractivity contribution in [3.63, 3.8) is 0 Å². The topological polar surface area (TPSA) is 61.0 Å². The molecule has 4 nitrogen and oxygen atoms in total. The Hall–Kier alpha value is -2.17. The van der Waals surface area contributed by atoms with Gasteiger partial charge in [0.2, 0.25) is 5.88 Å². The van der Waals surface area contributed by atoms with Crippen molar-refractivity contribution in [3.8, 4) is 17.0 Å². The molecule has 5 heteroatoms. The van der Waals surface area contributed by atoms with Gasteiger partial charge in [0.15, 0.2) is 0 Å². The standard InChI is InChI=1S/C17H17N3O.ClH/c1-21-16-7-6-15-17(20-16)14(9-11-19-15)13-4-2-12(3-5-13)8-10-18;/h2-7,9,11H,8,10,18H2,1H3;1H. The summed E-state index contributed by atoms with van der Waals surface area (Å²) < 4.78 is 5.21. The third kappa shape index (κ3) is 3.18. The number of ether oxygens (including phenoxy) is 1. The summed E-state index contributed by atoms with van der Waals surface area (Å²) in [5, 5.41) is 0. The van der Waals surface area contributed by atoms with E-state index in [1.807, 2.05) is 18.2 Å². The van der Waals surface area contributed by atoms with Gasteiger partial charge < -0.3 is 10.5 Å². The molecule has 0 bridgehead atoms. The van der Waals surface area contributed by atoms with Crippen LogP contribution in [0.1, 0.15) is 5.56 Å². The number of hydrogen-bond acceptors (Lipinski definition) is 4. The quantitative estimate of drug-likeness (QED) is 0.803. The molecule has 0 aliphatic heterocycles. The highest BCUT2D eigenvalue weighted by Gasteiger charge is 2.07. The van der Waals surface area contributed by atoms with Crippen LogP contribution >= 0.6 is 12.4 Å². The maximum atomic E-state index is 5.58. The normalized spacial score (nSPS) is 10.3. The van der Waals surface area contributed by atoms with E-state index in [9.17, 15) is 0 Å². The van der Waals surface area contributed by atoms with Crippen LogP contribution in [0.2, 0.25) is 0 Å². The maximum absolute atomic E-state index is 5.58. The SMILES string of the molecule is COc1ccc2nccc(-c3ccc(CCN)cc3)c2n1.Cl. The van der Waals surface area contributed by atoms with Gasteiger partial charge >= 0.3 is 0 Å². The Labute approximate surface area is 135 Å². The molecule has 0 amide bonds. The molecule has 0 saturated heterocycles. The van der Waals surface area contributed by atoms with Gasteiger partial charge in [-0.1, -0.05) is 24.3 Å². The Morgan fingerprint density at radius 2 is 1.82 bits per heavy atom. The van der Waals surface area contributed by atoms with Crippen LogP contribution < -0.4 is 10.5 Å². The summed E-state index contributed by atoms with van der Waals surface area (Å²) >= 11 is 0. The molecule has 0 aliphatic carbocycles. The Morgan fingerprint density at radius 3 is 2.50 bits per heavy atom. The van der Waals surface area contributed by atoms with Crippen LogP contribution in [-0.2, 0) is 6.42 Å². The number of methoxy groups -OCH3 is 1. The van der Waals surface area contributed by atoms with Crippen molar-refractivity contribution < 1.29 is 4.74 Å². The summed E-state index contributed by atoms with van der Waals surface area (Å²) in [5.74, 6) is 0.594. The third-order valence-electron chi connectivity index (χ3n) is 3.47. The average Bonchev–Trinajstić information content (AvgIpc) is 2.55. The molecule has 1 aromatic carbocycles. The van der Waals surface area contributed by atoms with Crippen LogP contribution in [-0.4, -0.2) is 23.6 Å². The first-order valence-corrected chi connectivity index (χ1v) is 6.91. The van der Waals surface area contributed by atoms with Gasteiger partial charge in [0, 0.05) is 17.8 Å². The summed E-state index contributed by atoms with van der Waals surface area (Å²) in [4.78, 5) is 8.88. The number of hydrogen-bond donors (Lipinski definition) is 1. The smallest absolute Gasteiger partial charge is 0.213 e. The van der Waals surface area contributed by atoms with Crippen molar-refractivity contribution in [2.24, 2.45) is 5.73 Å². The number of pyridine rings is 2. The van der Waals surface area contributed by atoms with Crippen LogP contribution in [0.25, 0.3) is 22.2 Å². The monoisotopic (exact) mass is 315 g/mol. The predicted octanol–water partition coefficient (Wildman–Crippen LogP) is 3.23. The van der Waals surface area contributed by atoms with Crippen LogP contribution in [0.15, 0.2) is 48.7 Å². The number of nitrogens with zero attached hydrogens (tertiary/aromatic N) is 2. The number of benzene rings is 1. The predicted molar refractivity (Wildman–Crippen MR) is 91.5 cm³/mol. The fourth-order valence-corrected chi connectivity index (χ4v) is 2.37. The summed E-state index contributed by atoms with van der Waals surface area (Å²) in [6, 6.07) is 14.1. The Kier molecular flexibility index (Phi) is 5.31. The molecule has 114 valence electrons. The highest BCUT2D eigenvalue weighted by molar-refractivity contribution is 5.91. The van der Waals surface area contributed by atoms with E-state index in [-0.39, 0.29) is 12.4 Å². The van der Waals surface area contributed by atoms with Gasteiger partial charge in [0.05, 0.1) is 12.6 Å². The lowest BCUT2D eigenvalue weighted by Crippen LogP contribution is -2.02. The van der Waals surface area contributed by atoms with Crippen LogP contribution in [0.5, 0.6) is 5.88 Å². The minimum Gasteiger partial charge on any atom is -0.481 e. The van der Waals surface area contributed by atoms with Crippen LogP contribution in [0.3, 0.4) is 0 Å². The van der Waals surface area contributed by atoms with Gasteiger partial charge in [-0.05, 0) is 36.2 Å². The molecule has 0 saturated carbocycles. The number of rotatable bonds is 4. The number of nitrogens with two attached hydrogens (primary N) is 1. The molecule has 2 aromatic heterocycles. The minimum absolute atomic E-state index is 0. The van der Waals surface area contributed by atoms with Crippen molar-refractivity contribution in [3.05, 3.63) is 54.2 Å². The first kappa shape index (κ1) is 16.2. The van der Waals surface area contributed by atoms with Crippen molar-refractivity contribution >= 4 is 23.4 Å². The number of halogens is 1. The first-order chi connectivity index (χ1) is 10.3. The van der Waals surface area contributed by atoms with Crippen molar-refractivity contribution in [1.29, 1.82) is 0 Å². The minimum atomic E-state index is 0. The van der Waals surface area contributed by atoms with E-state index in [1.54, 1.807) is 13.3 Å². The number of aromatic nitrogens is 2. The van der Waals surface area contributed by atoms with E-state index in [0.29, 0.717) is 12.4 Å². The molecule has 0 fully saturated rings. The van der Waals surface area contributed by atoms with E-state index in [0.717, 1.165) is 28.6 Å². The molecule has 0 radical (unpaired) electrons. The van der Waals surface area contributed by atoms with E-state index in [1.165, 1.54) is 5.56 Å². The zero-order valence-electron chi connectivity index (χ0n) is 12.3. The van der Waals surface area contributed by atoms with Crippen molar-refractivity contribution in [1.82, 2.24) is 9.97 Å². The summed E-state index contributed by atoms with van der Waals surface area (Å²) in [6.45, 7) is 0.663. The van der Waals surface area contributed by atoms with E-state index < -0.39 is 0 Å². The largest absolute Gasteiger partial charge is 0.481 e. The molecule has 2 N–H and O–H groups in total. The third-order valence-corrected chi connectivity index (χ3v) is 3.47. The zero-order chi connectivity index (χ0) is 14.7. The summed E-state index contributed by atoms with van der Waals surface area (Å²) in [7, 11) is 1.62. The van der Waals surface area contributed by atoms with E-state index >= 15 is 0 Å². The van der Waals surface area contributed by atoms with Gasteiger partial charge in [-0.3, -0.25) is 4.98 Å². The molecule has 0 spiro atoms.